The largest absolute Gasteiger partial charge is 0.395 e. The molecule has 9 heteroatoms. The maximum absolute atomic E-state index is 12.7. The van der Waals surface area contributed by atoms with Crippen LogP contribution in [0.2, 0.25) is 0 Å². The van der Waals surface area contributed by atoms with Gasteiger partial charge in [-0.1, -0.05) is 13.3 Å². The van der Waals surface area contributed by atoms with Crippen molar-refractivity contribution in [3.8, 4) is 0 Å². The summed E-state index contributed by atoms with van der Waals surface area (Å²) < 4.78 is 8.54. The minimum absolute atomic E-state index is 0.0160. The molecule has 126 valence electrons. The van der Waals surface area contributed by atoms with Gasteiger partial charge in [0.1, 0.15) is 6.23 Å². The number of aromatic amines is 1. The van der Waals surface area contributed by atoms with Gasteiger partial charge in [-0.05, 0) is 19.3 Å². The Labute approximate surface area is 131 Å². The first-order valence-electron chi connectivity index (χ1n) is 7.83. The van der Waals surface area contributed by atoms with E-state index in [1.54, 1.807) is 0 Å². The number of nitrogen functional groups attached to an aromatic ring is 1. The fourth-order valence-corrected chi connectivity index (χ4v) is 3.18. The van der Waals surface area contributed by atoms with E-state index in [0.29, 0.717) is 6.42 Å². The van der Waals surface area contributed by atoms with Crippen molar-refractivity contribution >= 4 is 17.1 Å². The Kier molecular flexibility index (Phi) is 4.22. The maximum atomic E-state index is 12.7. The summed E-state index contributed by atoms with van der Waals surface area (Å²) in [6.07, 6.45) is 3.11. The number of hydrogen-bond donors (Lipinski definition) is 3. The molecule has 0 amide bonds. The van der Waals surface area contributed by atoms with Crippen LogP contribution >= 0.6 is 0 Å². The smallest absolute Gasteiger partial charge is 0.332 e. The highest BCUT2D eigenvalue weighted by Crippen LogP contribution is 2.31. The second kappa shape index (κ2) is 6.17. The van der Waals surface area contributed by atoms with Crippen LogP contribution in [-0.2, 0) is 11.3 Å². The van der Waals surface area contributed by atoms with E-state index >= 15 is 0 Å². The van der Waals surface area contributed by atoms with Gasteiger partial charge >= 0.3 is 5.69 Å². The molecule has 0 aromatic carbocycles. The summed E-state index contributed by atoms with van der Waals surface area (Å²) in [5.74, 6) is -0.0551. The lowest BCUT2D eigenvalue weighted by molar-refractivity contribution is -0.00172. The first kappa shape index (κ1) is 15.8. The van der Waals surface area contributed by atoms with Gasteiger partial charge in [0.2, 0.25) is 5.95 Å². The van der Waals surface area contributed by atoms with Gasteiger partial charge in [0.25, 0.3) is 5.56 Å². The number of nitrogens with zero attached hydrogens (tertiary/aromatic N) is 3. The first-order chi connectivity index (χ1) is 11.1. The highest BCUT2D eigenvalue weighted by molar-refractivity contribution is 5.71. The van der Waals surface area contributed by atoms with E-state index in [-0.39, 0.29) is 36.4 Å². The van der Waals surface area contributed by atoms with Crippen molar-refractivity contribution in [2.24, 2.45) is 0 Å². The molecule has 3 rings (SSSR count). The van der Waals surface area contributed by atoms with E-state index in [9.17, 15) is 14.7 Å². The number of aliphatic hydroxyl groups is 1. The molecule has 2 unspecified atom stereocenters. The number of hydrogen-bond acceptors (Lipinski definition) is 6. The average Bonchev–Trinajstić information content (AvgIpc) is 3.03. The third-order valence-corrected chi connectivity index (χ3v) is 4.14. The van der Waals surface area contributed by atoms with E-state index in [1.165, 1.54) is 9.13 Å². The van der Waals surface area contributed by atoms with Crippen molar-refractivity contribution < 1.29 is 9.84 Å². The van der Waals surface area contributed by atoms with Gasteiger partial charge in [-0.25, -0.2) is 9.36 Å². The number of nitrogens with one attached hydrogen (secondary N) is 1. The molecule has 0 aliphatic carbocycles. The van der Waals surface area contributed by atoms with Crippen molar-refractivity contribution in [3.05, 3.63) is 20.8 Å². The monoisotopic (exact) mass is 323 g/mol. The molecule has 9 nitrogen and oxygen atoms in total. The second-order valence-corrected chi connectivity index (χ2v) is 5.73. The summed E-state index contributed by atoms with van der Waals surface area (Å²) in [5, 5.41) is 9.18. The molecule has 1 fully saturated rings. The van der Waals surface area contributed by atoms with E-state index in [4.69, 9.17) is 10.5 Å². The first-order valence-corrected chi connectivity index (χ1v) is 7.83. The van der Waals surface area contributed by atoms with Crippen LogP contribution in [0, 0.1) is 0 Å². The van der Waals surface area contributed by atoms with Crippen LogP contribution in [0.15, 0.2) is 9.59 Å². The van der Waals surface area contributed by atoms with Crippen LogP contribution in [0.4, 0.5) is 5.95 Å². The van der Waals surface area contributed by atoms with Crippen molar-refractivity contribution in [1.82, 2.24) is 19.1 Å². The number of aromatic nitrogens is 4. The normalized spacial score (nSPS) is 21.3. The minimum Gasteiger partial charge on any atom is -0.395 e. The maximum Gasteiger partial charge on any atom is 0.332 e. The molecular formula is C14H21N5O4. The van der Waals surface area contributed by atoms with Crippen molar-refractivity contribution in [2.45, 2.75) is 51.5 Å². The molecule has 2 aromatic rings. The number of imidazole rings is 1. The minimum atomic E-state index is -0.500. The third kappa shape index (κ3) is 2.66. The zero-order chi connectivity index (χ0) is 16.6. The number of aliphatic hydroxyl groups excluding tert-OH is 1. The van der Waals surface area contributed by atoms with Gasteiger partial charge in [-0.15, -0.1) is 0 Å². The average molecular weight is 323 g/mol. The Morgan fingerprint density at radius 3 is 2.91 bits per heavy atom. The third-order valence-electron chi connectivity index (χ3n) is 4.14. The molecule has 1 saturated heterocycles. The van der Waals surface area contributed by atoms with Crippen molar-refractivity contribution in [3.63, 3.8) is 0 Å². The Morgan fingerprint density at radius 2 is 2.22 bits per heavy atom. The topological polar surface area (TPSA) is 128 Å². The molecule has 3 heterocycles. The molecule has 0 radical (unpaired) electrons. The number of rotatable bonds is 5. The predicted octanol–water partition coefficient (Wildman–Crippen LogP) is -0.0615. The highest BCUT2D eigenvalue weighted by atomic mass is 16.5. The zero-order valence-electron chi connectivity index (χ0n) is 13.0. The molecule has 4 N–H and O–H groups in total. The fraction of sp³-hybridized carbons (Fsp3) is 0.643. The van der Waals surface area contributed by atoms with Crippen molar-refractivity contribution in [2.75, 3.05) is 12.3 Å². The molecule has 0 spiro atoms. The summed E-state index contributed by atoms with van der Waals surface area (Å²) in [4.78, 5) is 31.4. The van der Waals surface area contributed by atoms with E-state index < -0.39 is 17.5 Å². The van der Waals surface area contributed by atoms with Gasteiger partial charge in [-0.3, -0.25) is 14.3 Å². The number of anilines is 1. The Bertz CT molecular complexity index is 821. The summed E-state index contributed by atoms with van der Waals surface area (Å²) in [6, 6.07) is 0. The summed E-state index contributed by atoms with van der Waals surface area (Å²) in [7, 11) is 0. The van der Waals surface area contributed by atoms with Gasteiger partial charge in [0, 0.05) is 0 Å². The molecule has 2 atom stereocenters. The molecule has 0 saturated carbocycles. The lowest BCUT2D eigenvalue weighted by Crippen LogP contribution is -2.29. The van der Waals surface area contributed by atoms with Gasteiger partial charge < -0.3 is 15.6 Å². The lowest BCUT2D eigenvalue weighted by atomic mass is 10.1. The molecule has 23 heavy (non-hydrogen) atoms. The van der Waals surface area contributed by atoms with Crippen LogP contribution in [-0.4, -0.2) is 36.9 Å². The van der Waals surface area contributed by atoms with E-state index in [1.807, 2.05) is 0 Å². The van der Waals surface area contributed by atoms with Crippen LogP contribution in [0.5, 0.6) is 0 Å². The summed E-state index contributed by atoms with van der Waals surface area (Å²) in [5.41, 5.74) is 5.01. The number of ether oxygens (including phenoxy) is 1. The molecule has 0 bridgehead atoms. The highest BCUT2D eigenvalue weighted by Gasteiger charge is 2.31. The van der Waals surface area contributed by atoms with Crippen LogP contribution in [0.25, 0.3) is 11.2 Å². The van der Waals surface area contributed by atoms with E-state index in [2.05, 4.69) is 16.9 Å². The van der Waals surface area contributed by atoms with Crippen LogP contribution in [0.3, 0.4) is 0 Å². The SMILES string of the molecule is CCCC1CCC(n2c(=O)n(CCO)c3c(=O)[nH]c(N)nc32)O1. The molecule has 1 aliphatic rings. The van der Waals surface area contributed by atoms with Crippen molar-refractivity contribution in [1.29, 1.82) is 0 Å². The fourth-order valence-electron chi connectivity index (χ4n) is 3.18. The van der Waals surface area contributed by atoms with Gasteiger partial charge in [0.05, 0.1) is 19.3 Å². The second-order valence-electron chi connectivity index (χ2n) is 5.73. The number of H-pyrrole nitrogens is 1. The Morgan fingerprint density at radius 1 is 1.43 bits per heavy atom. The van der Waals surface area contributed by atoms with Gasteiger partial charge in [-0.2, -0.15) is 4.98 Å². The van der Waals surface area contributed by atoms with E-state index in [0.717, 1.165) is 19.3 Å². The van der Waals surface area contributed by atoms with Crippen LogP contribution in [0.1, 0.15) is 38.8 Å². The van der Waals surface area contributed by atoms with Gasteiger partial charge in [0.15, 0.2) is 11.2 Å². The molecular weight excluding hydrogens is 302 g/mol. The quantitative estimate of drug-likeness (QED) is 0.707. The number of fused-ring (bicyclic) bond motifs is 1. The Balaban J connectivity index is 2.15. The van der Waals surface area contributed by atoms with Crippen LogP contribution < -0.4 is 17.0 Å². The Hall–Kier alpha value is -2.13. The predicted molar refractivity (Wildman–Crippen MR) is 84.2 cm³/mol. The number of nitrogens with two attached hydrogens (primary N) is 1. The standard InChI is InChI=1S/C14H21N5O4/c1-2-3-8-4-5-9(23-8)19-11-10(12(21)17-13(15)16-11)18(6-7-20)14(19)22/h8-9,20H,2-7H2,1H3,(H3,15,16,17,21). The molecule has 2 aromatic heterocycles. The lowest BCUT2D eigenvalue weighted by Gasteiger charge is -2.14. The summed E-state index contributed by atoms with van der Waals surface area (Å²) >= 11 is 0. The molecule has 1 aliphatic heterocycles. The summed E-state index contributed by atoms with van der Waals surface area (Å²) in [6.45, 7) is 1.84. The zero-order valence-corrected chi connectivity index (χ0v) is 13.0.